The number of amides is 2. The van der Waals surface area contributed by atoms with Crippen LogP contribution in [-0.2, 0) is 19.1 Å². The Hall–Kier alpha value is -3.81. The van der Waals surface area contributed by atoms with Crippen molar-refractivity contribution in [2.24, 2.45) is 5.92 Å². The summed E-state index contributed by atoms with van der Waals surface area (Å²) in [5.41, 5.74) is 2.06. The van der Waals surface area contributed by atoms with Gasteiger partial charge in [0.15, 0.2) is 11.5 Å². The summed E-state index contributed by atoms with van der Waals surface area (Å²) in [5, 5.41) is 2.85. The van der Waals surface area contributed by atoms with E-state index in [1.807, 2.05) is 0 Å². The van der Waals surface area contributed by atoms with E-state index in [4.69, 9.17) is 14.2 Å². The monoisotopic (exact) mass is 438 g/mol. The molecule has 2 amide bonds. The van der Waals surface area contributed by atoms with E-state index in [0.717, 1.165) is 5.56 Å². The topological polar surface area (TPSA) is 94.2 Å². The number of nitrogens with zero attached hydrogens (tertiary/aromatic N) is 1. The lowest BCUT2D eigenvalue weighted by atomic mass is 10.1. The molecule has 0 bridgehead atoms. The first-order chi connectivity index (χ1) is 15.4. The predicted molar refractivity (Wildman–Crippen MR) is 121 cm³/mol. The number of esters is 1. The minimum absolute atomic E-state index is 0.126. The van der Waals surface area contributed by atoms with Gasteiger partial charge >= 0.3 is 5.97 Å². The molecule has 0 spiro atoms. The fourth-order valence-electron chi connectivity index (χ4n) is 3.40. The van der Waals surface area contributed by atoms with Crippen molar-refractivity contribution in [1.29, 1.82) is 0 Å². The van der Waals surface area contributed by atoms with Crippen molar-refractivity contribution in [2.45, 2.75) is 13.3 Å². The lowest BCUT2D eigenvalue weighted by molar-refractivity contribution is -0.137. The summed E-state index contributed by atoms with van der Waals surface area (Å²) in [6.07, 6.45) is 3.12. The zero-order chi connectivity index (χ0) is 23.1. The summed E-state index contributed by atoms with van der Waals surface area (Å²) < 4.78 is 15.4. The fraction of sp³-hybridized carbons (Fsp3) is 0.292. The van der Waals surface area contributed by atoms with E-state index < -0.39 is 11.9 Å². The van der Waals surface area contributed by atoms with E-state index in [1.165, 1.54) is 13.2 Å². The van der Waals surface area contributed by atoms with Crippen molar-refractivity contribution in [3.8, 4) is 11.5 Å². The summed E-state index contributed by atoms with van der Waals surface area (Å²) in [7, 11) is 3.07. The number of nitrogens with one attached hydrogen (secondary N) is 1. The van der Waals surface area contributed by atoms with Crippen molar-refractivity contribution < 1.29 is 28.6 Å². The number of benzene rings is 2. The number of ether oxygens (including phenoxy) is 3. The number of carbonyl (C=O) groups is 3. The van der Waals surface area contributed by atoms with E-state index in [1.54, 1.807) is 67.5 Å². The molecule has 8 heteroatoms. The van der Waals surface area contributed by atoms with Crippen LogP contribution in [0.5, 0.6) is 11.5 Å². The minimum atomic E-state index is -0.473. The maximum absolute atomic E-state index is 12.7. The first-order valence-electron chi connectivity index (χ1n) is 10.2. The Morgan fingerprint density at radius 3 is 2.47 bits per heavy atom. The van der Waals surface area contributed by atoms with E-state index in [-0.39, 0.29) is 24.8 Å². The van der Waals surface area contributed by atoms with Gasteiger partial charge in [0.1, 0.15) is 0 Å². The average molecular weight is 438 g/mol. The number of hydrogen-bond acceptors (Lipinski definition) is 6. The second-order valence-corrected chi connectivity index (χ2v) is 7.14. The Morgan fingerprint density at radius 2 is 1.81 bits per heavy atom. The lowest BCUT2D eigenvalue weighted by Crippen LogP contribution is -2.28. The van der Waals surface area contributed by atoms with Crippen LogP contribution in [0, 0.1) is 5.92 Å². The highest BCUT2D eigenvalue weighted by Gasteiger charge is 2.35. The van der Waals surface area contributed by atoms with Gasteiger partial charge in [0.2, 0.25) is 11.8 Å². The van der Waals surface area contributed by atoms with Gasteiger partial charge in [0, 0.05) is 36.5 Å². The molecule has 32 heavy (non-hydrogen) atoms. The van der Waals surface area contributed by atoms with Crippen molar-refractivity contribution in [2.75, 3.05) is 37.6 Å². The van der Waals surface area contributed by atoms with Crippen molar-refractivity contribution in [3.63, 3.8) is 0 Å². The summed E-state index contributed by atoms with van der Waals surface area (Å²) in [4.78, 5) is 38.2. The molecule has 1 aliphatic heterocycles. The van der Waals surface area contributed by atoms with Gasteiger partial charge in [-0.2, -0.15) is 0 Å². The second-order valence-electron chi connectivity index (χ2n) is 7.14. The van der Waals surface area contributed by atoms with Crippen LogP contribution < -0.4 is 19.7 Å². The van der Waals surface area contributed by atoms with Gasteiger partial charge < -0.3 is 24.4 Å². The Bertz CT molecular complexity index is 1020. The zero-order valence-electron chi connectivity index (χ0n) is 18.3. The van der Waals surface area contributed by atoms with Gasteiger partial charge in [0.05, 0.1) is 26.7 Å². The van der Waals surface area contributed by atoms with E-state index in [9.17, 15) is 14.4 Å². The van der Waals surface area contributed by atoms with Gasteiger partial charge in [-0.1, -0.05) is 12.1 Å². The van der Waals surface area contributed by atoms with Crippen LogP contribution in [0.2, 0.25) is 0 Å². The highest BCUT2D eigenvalue weighted by Crippen LogP contribution is 2.34. The number of carbonyl (C=O) groups excluding carboxylic acids is 3. The summed E-state index contributed by atoms with van der Waals surface area (Å²) in [6.45, 7) is 2.34. The summed E-state index contributed by atoms with van der Waals surface area (Å²) >= 11 is 0. The maximum atomic E-state index is 12.7. The molecule has 1 unspecified atom stereocenters. The first kappa shape index (κ1) is 22.9. The number of methoxy groups -OCH3 is 2. The standard InChI is InChI=1S/C24H26N2O6/c1-4-32-23(28)12-7-16-5-8-18(9-6-16)25-24(29)17-13-22(27)26(15-17)19-10-11-20(30-2)21(14-19)31-3/h5-12,14,17H,4,13,15H2,1-3H3,(H,25,29)/b12-7+. The molecular weight excluding hydrogens is 412 g/mol. The van der Waals surface area contributed by atoms with Gasteiger partial charge in [0.25, 0.3) is 0 Å². The summed E-state index contributed by atoms with van der Waals surface area (Å²) in [5.74, 6) is -0.151. The molecule has 2 aromatic rings. The van der Waals surface area contributed by atoms with Crippen LogP contribution >= 0.6 is 0 Å². The molecule has 1 saturated heterocycles. The smallest absolute Gasteiger partial charge is 0.330 e. The van der Waals surface area contributed by atoms with Crippen molar-refractivity contribution >= 4 is 35.2 Å². The fourth-order valence-corrected chi connectivity index (χ4v) is 3.40. The van der Waals surface area contributed by atoms with Crippen LogP contribution in [0.1, 0.15) is 18.9 Å². The van der Waals surface area contributed by atoms with Crippen molar-refractivity contribution in [3.05, 3.63) is 54.1 Å². The molecule has 1 fully saturated rings. The van der Waals surface area contributed by atoms with E-state index >= 15 is 0 Å². The third-order valence-corrected chi connectivity index (χ3v) is 5.05. The third kappa shape index (κ3) is 5.46. The minimum Gasteiger partial charge on any atom is -0.493 e. The molecule has 0 saturated carbocycles. The maximum Gasteiger partial charge on any atom is 0.330 e. The lowest BCUT2D eigenvalue weighted by Gasteiger charge is -2.18. The molecule has 1 heterocycles. The molecule has 1 aliphatic rings. The molecule has 3 rings (SSSR count). The molecule has 0 radical (unpaired) electrons. The molecule has 0 aromatic heterocycles. The van der Waals surface area contributed by atoms with Gasteiger partial charge in [-0.25, -0.2) is 4.79 Å². The number of hydrogen-bond donors (Lipinski definition) is 1. The molecule has 1 N–H and O–H groups in total. The predicted octanol–water partition coefficient (Wildman–Crippen LogP) is 3.27. The van der Waals surface area contributed by atoms with Gasteiger partial charge in [-0.15, -0.1) is 0 Å². The Balaban J connectivity index is 1.62. The van der Waals surface area contributed by atoms with Crippen molar-refractivity contribution in [1.82, 2.24) is 0 Å². The Labute approximate surface area is 186 Å². The largest absolute Gasteiger partial charge is 0.493 e. The highest BCUT2D eigenvalue weighted by atomic mass is 16.5. The SMILES string of the molecule is CCOC(=O)/C=C/c1ccc(NC(=O)C2CC(=O)N(c3ccc(OC)c(OC)c3)C2)cc1. The third-order valence-electron chi connectivity index (χ3n) is 5.05. The average Bonchev–Trinajstić information content (AvgIpc) is 3.20. The molecule has 0 aliphatic carbocycles. The Kier molecular flexibility index (Phi) is 7.49. The highest BCUT2D eigenvalue weighted by molar-refractivity contribution is 6.03. The van der Waals surface area contributed by atoms with Crippen LogP contribution in [0.3, 0.4) is 0 Å². The van der Waals surface area contributed by atoms with Gasteiger partial charge in [-0.05, 0) is 42.8 Å². The molecule has 8 nitrogen and oxygen atoms in total. The zero-order valence-corrected chi connectivity index (χ0v) is 18.3. The van der Waals surface area contributed by atoms with Crippen LogP contribution in [0.4, 0.5) is 11.4 Å². The normalized spacial score (nSPS) is 15.7. The molecule has 2 aromatic carbocycles. The second kappa shape index (κ2) is 10.5. The van der Waals surface area contributed by atoms with Crippen LogP contribution in [-0.4, -0.2) is 45.2 Å². The van der Waals surface area contributed by atoms with E-state index in [0.29, 0.717) is 29.5 Å². The van der Waals surface area contributed by atoms with E-state index in [2.05, 4.69) is 5.32 Å². The Morgan fingerprint density at radius 1 is 1.09 bits per heavy atom. The molecule has 1 atom stereocenters. The van der Waals surface area contributed by atoms with Crippen LogP contribution in [0.15, 0.2) is 48.5 Å². The molecular formula is C24H26N2O6. The first-order valence-corrected chi connectivity index (χ1v) is 10.2. The summed E-state index contributed by atoms with van der Waals surface area (Å²) in [6, 6.07) is 12.3. The van der Waals surface area contributed by atoms with Gasteiger partial charge in [-0.3, -0.25) is 9.59 Å². The number of rotatable bonds is 8. The molecule has 168 valence electrons. The number of anilines is 2. The quantitative estimate of drug-likeness (QED) is 0.502. The van der Waals surface area contributed by atoms with Crippen LogP contribution in [0.25, 0.3) is 6.08 Å².